The summed E-state index contributed by atoms with van der Waals surface area (Å²) < 4.78 is 35.7. The van der Waals surface area contributed by atoms with E-state index in [0.717, 1.165) is 103 Å². The molecule has 0 saturated heterocycles. The highest BCUT2D eigenvalue weighted by molar-refractivity contribution is 7.00. The smallest absolute Gasteiger partial charge is 0.252 e. The van der Waals surface area contributed by atoms with Gasteiger partial charge in [0.05, 0.1) is 5.69 Å². The van der Waals surface area contributed by atoms with E-state index in [0.29, 0.717) is 5.56 Å². The highest BCUT2D eigenvalue weighted by atomic mass is 16.3. The van der Waals surface area contributed by atoms with E-state index in [9.17, 15) is 4.11 Å². The standard InChI is InChI=1S/C77H86BN3O/c1-46-38-65-69-66(39-46)81(62-43-57-55(40-47(62)2)74(12,13)36-37-75(57,14)15)64-44-58-56(76(16,17)45-77(58,18)19)42-60(64)78(69)59-34-32-52(79(50-28-24-48(25-29-50)71(3,4)5)51-30-26-49(27-31-51)72(6,7)8)41-63(59)80(65)61-35-33-54(73(9,10)11)68-53-22-20-21-23-67(53)82-70(61)68/h20-35,38-44H,36-37,45H2,1-19H3/i1D3. The summed E-state index contributed by atoms with van der Waals surface area (Å²) in [6, 6.07) is 52.3. The molecule has 13 rings (SSSR count). The molecule has 0 saturated carbocycles. The Labute approximate surface area is 495 Å². The van der Waals surface area contributed by atoms with Gasteiger partial charge in [-0.25, -0.2) is 0 Å². The van der Waals surface area contributed by atoms with Gasteiger partial charge in [-0.05, 0) is 210 Å². The number of para-hydroxylation sites is 1. The van der Waals surface area contributed by atoms with Gasteiger partial charge in [-0.3, -0.25) is 0 Å². The first-order valence-corrected chi connectivity index (χ1v) is 30.3. The second-order valence-corrected chi connectivity index (χ2v) is 30.7. The molecule has 0 radical (unpaired) electrons. The Hall–Kier alpha value is -6.98. The van der Waals surface area contributed by atoms with Crippen LogP contribution in [0.5, 0.6) is 0 Å². The van der Waals surface area contributed by atoms with E-state index < -0.39 is 6.85 Å². The maximum atomic E-state index is 9.48. The number of fused-ring (bicyclic) bond motifs is 9. The number of furan rings is 1. The third kappa shape index (κ3) is 8.35. The minimum Gasteiger partial charge on any atom is -0.454 e. The van der Waals surface area contributed by atoms with Gasteiger partial charge in [0.25, 0.3) is 6.71 Å². The zero-order valence-electron chi connectivity index (χ0n) is 55.2. The molecule has 0 fully saturated rings. The third-order valence-corrected chi connectivity index (χ3v) is 19.7. The predicted octanol–water partition coefficient (Wildman–Crippen LogP) is 20.0. The molecule has 0 unspecified atom stereocenters. The molecule has 0 spiro atoms. The summed E-state index contributed by atoms with van der Waals surface area (Å²) in [6.45, 7) is 39.3. The summed E-state index contributed by atoms with van der Waals surface area (Å²) >= 11 is 0. The maximum Gasteiger partial charge on any atom is 0.252 e. The van der Waals surface area contributed by atoms with Crippen LogP contribution in [0.15, 0.2) is 144 Å². The molecule has 4 nitrogen and oxygen atoms in total. The topological polar surface area (TPSA) is 22.9 Å². The molecule has 82 heavy (non-hydrogen) atoms. The second kappa shape index (κ2) is 17.8. The zero-order chi connectivity index (χ0) is 60.8. The van der Waals surface area contributed by atoms with Gasteiger partial charge in [0.15, 0.2) is 5.58 Å². The number of aryl methyl sites for hydroxylation is 2. The zero-order valence-corrected chi connectivity index (χ0v) is 52.2. The largest absolute Gasteiger partial charge is 0.454 e. The third-order valence-electron chi connectivity index (χ3n) is 19.7. The summed E-state index contributed by atoms with van der Waals surface area (Å²) in [6.07, 6.45) is 3.21. The molecule has 1 aromatic heterocycles. The van der Waals surface area contributed by atoms with Gasteiger partial charge in [0.2, 0.25) is 0 Å². The van der Waals surface area contributed by atoms with Crippen molar-refractivity contribution in [1.29, 1.82) is 0 Å². The van der Waals surface area contributed by atoms with Crippen LogP contribution in [0, 0.1) is 13.8 Å². The van der Waals surface area contributed by atoms with Crippen LogP contribution in [0.1, 0.15) is 191 Å². The van der Waals surface area contributed by atoms with E-state index in [4.69, 9.17) is 4.42 Å². The summed E-state index contributed by atoms with van der Waals surface area (Å²) in [5.41, 5.74) is 24.1. The van der Waals surface area contributed by atoms with Crippen LogP contribution in [-0.2, 0) is 37.9 Å². The average Bonchev–Trinajstić information content (AvgIpc) is 1.54. The van der Waals surface area contributed by atoms with Gasteiger partial charge in [0.1, 0.15) is 5.58 Å². The van der Waals surface area contributed by atoms with Crippen LogP contribution in [-0.4, -0.2) is 6.71 Å². The van der Waals surface area contributed by atoms with Crippen molar-refractivity contribution in [3.63, 3.8) is 0 Å². The summed E-state index contributed by atoms with van der Waals surface area (Å²) in [5, 5.41) is 2.13. The normalized spacial score (nSPS) is 18.1. The van der Waals surface area contributed by atoms with Crippen molar-refractivity contribution in [3.05, 3.63) is 190 Å². The number of rotatable bonds is 5. The van der Waals surface area contributed by atoms with Crippen molar-refractivity contribution < 1.29 is 8.53 Å². The Balaban J connectivity index is 1.17. The van der Waals surface area contributed by atoms with Crippen molar-refractivity contribution in [3.8, 4) is 0 Å². The molecule has 0 atom stereocenters. The van der Waals surface area contributed by atoms with E-state index in [1.165, 1.54) is 50.0 Å². The van der Waals surface area contributed by atoms with Gasteiger partial charge in [0, 0.05) is 60.4 Å². The first kappa shape index (κ1) is 50.7. The monoisotopic (exact) mass is 1080 g/mol. The minimum atomic E-state index is -2.46. The van der Waals surface area contributed by atoms with Gasteiger partial charge >= 0.3 is 0 Å². The molecule has 0 amide bonds. The van der Waals surface area contributed by atoms with Crippen LogP contribution in [0.2, 0.25) is 0 Å². The highest BCUT2D eigenvalue weighted by Gasteiger charge is 2.49. The molecular formula is C77H86BN3O. The fraction of sp³-hybridized carbons (Fsp3) is 0.377. The lowest BCUT2D eigenvalue weighted by Crippen LogP contribution is -2.61. The lowest BCUT2D eigenvalue weighted by atomic mass is 9.33. The molecule has 5 heteroatoms. The number of anilines is 9. The number of hydrogen-bond acceptors (Lipinski definition) is 4. The fourth-order valence-corrected chi connectivity index (χ4v) is 15.3. The molecular weight excluding hydrogens is 994 g/mol. The van der Waals surface area contributed by atoms with Crippen LogP contribution < -0.4 is 31.1 Å². The maximum absolute atomic E-state index is 9.48. The molecule has 2 aliphatic carbocycles. The van der Waals surface area contributed by atoms with Crippen molar-refractivity contribution >= 4 is 96.2 Å². The number of benzene rings is 8. The quantitative estimate of drug-likeness (QED) is 0.160. The van der Waals surface area contributed by atoms with E-state index in [-0.39, 0.29) is 44.6 Å². The Morgan fingerprint density at radius 2 is 1.00 bits per heavy atom. The van der Waals surface area contributed by atoms with Gasteiger partial charge in [-0.1, -0.05) is 184 Å². The molecule has 9 aromatic rings. The molecule has 8 aromatic carbocycles. The van der Waals surface area contributed by atoms with E-state index >= 15 is 0 Å². The molecule has 418 valence electrons. The Bertz CT molecular complexity index is 4170. The second-order valence-electron chi connectivity index (χ2n) is 30.7. The minimum absolute atomic E-state index is 0.00471. The van der Waals surface area contributed by atoms with Crippen molar-refractivity contribution in [2.45, 2.75) is 189 Å². The van der Waals surface area contributed by atoms with Crippen molar-refractivity contribution in [2.24, 2.45) is 0 Å². The molecule has 2 aliphatic heterocycles. The van der Waals surface area contributed by atoms with Gasteiger partial charge < -0.3 is 19.1 Å². The van der Waals surface area contributed by atoms with Gasteiger partial charge in [-0.15, -0.1) is 0 Å². The van der Waals surface area contributed by atoms with Crippen LogP contribution >= 0.6 is 0 Å². The van der Waals surface area contributed by atoms with E-state index in [1.807, 2.05) is 12.1 Å². The number of nitrogens with zero attached hydrogens (tertiary/aromatic N) is 3. The van der Waals surface area contributed by atoms with E-state index in [2.05, 4.69) is 267 Å². The van der Waals surface area contributed by atoms with Crippen molar-refractivity contribution in [2.75, 3.05) is 14.7 Å². The van der Waals surface area contributed by atoms with Crippen LogP contribution in [0.4, 0.5) is 51.2 Å². The first-order valence-electron chi connectivity index (χ1n) is 31.8. The predicted molar refractivity (Wildman–Crippen MR) is 354 cm³/mol. The lowest BCUT2D eigenvalue weighted by Gasteiger charge is -2.46. The average molecular weight is 1080 g/mol. The Morgan fingerprint density at radius 1 is 0.488 bits per heavy atom. The molecule has 0 N–H and O–H groups in total. The SMILES string of the molecule is [2H]C([2H])([2H])c1cc2c3c(c1)N(c1ccc(C(C)(C)C)c4c1oc1ccccc14)c1cc(N(c4ccc(C(C)(C)C)cc4)c4ccc(C(C)(C)C)cc4)ccc1B3c1cc3c(cc1N2c1cc2c(cc1C)C(C)(C)CCC2(C)C)C(C)(C)CC3(C)C. The lowest BCUT2D eigenvalue weighted by molar-refractivity contribution is 0.332. The van der Waals surface area contributed by atoms with Crippen LogP contribution in [0.25, 0.3) is 21.9 Å². The fourth-order valence-electron chi connectivity index (χ4n) is 15.3. The number of hydrogen-bond donors (Lipinski definition) is 0. The van der Waals surface area contributed by atoms with E-state index in [1.54, 1.807) is 0 Å². The Kier molecular flexibility index (Phi) is 11.0. The Morgan fingerprint density at radius 3 is 1.57 bits per heavy atom. The highest BCUT2D eigenvalue weighted by Crippen LogP contribution is 2.56. The summed E-state index contributed by atoms with van der Waals surface area (Å²) in [5.74, 6) is 0. The van der Waals surface area contributed by atoms with Crippen LogP contribution in [0.3, 0.4) is 0 Å². The van der Waals surface area contributed by atoms with Gasteiger partial charge in [-0.2, -0.15) is 0 Å². The first-order chi connectivity index (χ1) is 39.5. The molecule has 0 bridgehead atoms. The van der Waals surface area contributed by atoms with Crippen molar-refractivity contribution in [1.82, 2.24) is 0 Å². The summed E-state index contributed by atoms with van der Waals surface area (Å²) in [4.78, 5) is 7.28. The molecule has 4 aliphatic rings. The summed E-state index contributed by atoms with van der Waals surface area (Å²) in [7, 11) is 0. The molecule has 3 heterocycles.